The average Bonchev–Trinajstić information content (AvgIpc) is 3.34. The molecule has 4 aromatic rings. The molecule has 0 bridgehead atoms. The zero-order valence-electron chi connectivity index (χ0n) is 25.0. The van der Waals surface area contributed by atoms with E-state index >= 15 is 0 Å². The Morgan fingerprint density at radius 3 is 2.34 bits per heavy atom. The first-order valence-corrected chi connectivity index (χ1v) is 15.7. The molecule has 1 aromatic heterocycles. The lowest BCUT2D eigenvalue weighted by molar-refractivity contribution is -0.137. The van der Waals surface area contributed by atoms with Crippen molar-refractivity contribution in [2.75, 3.05) is 43.4 Å². The van der Waals surface area contributed by atoms with Crippen molar-refractivity contribution in [3.63, 3.8) is 0 Å². The van der Waals surface area contributed by atoms with Gasteiger partial charge in [0.25, 0.3) is 0 Å². The summed E-state index contributed by atoms with van der Waals surface area (Å²) in [6.45, 7) is 7.11. The first-order chi connectivity index (χ1) is 21.2. The predicted molar refractivity (Wildman–Crippen MR) is 170 cm³/mol. The molecule has 2 aliphatic heterocycles. The van der Waals surface area contributed by atoms with Gasteiger partial charge in [-0.1, -0.05) is 54.6 Å². The van der Waals surface area contributed by atoms with Gasteiger partial charge in [-0.2, -0.15) is 5.10 Å². The standard InChI is InChI=1S/C34H34FN5O3S/c1-22-9-7-14-28(23(22)2)40-34-31(32(36-40)25-10-5-4-6-11-25)33(26-12-8-13-27(35)19-26)44-21-30(43)39(34)20-29(42)38-17-15-37(16-18-38)24(3)41/h4-14,19,33H,15-18,20-21H2,1-3H3/t33-/m1/s1. The summed E-state index contributed by atoms with van der Waals surface area (Å²) >= 11 is 1.41. The van der Waals surface area contributed by atoms with Gasteiger partial charge in [-0.15, -0.1) is 11.8 Å². The summed E-state index contributed by atoms with van der Waals surface area (Å²) in [4.78, 5) is 44.7. The number of benzene rings is 3. The molecule has 1 saturated heterocycles. The Morgan fingerprint density at radius 2 is 1.64 bits per heavy atom. The second-order valence-corrected chi connectivity index (χ2v) is 12.3. The van der Waals surface area contributed by atoms with Crippen LogP contribution < -0.4 is 4.90 Å². The van der Waals surface area contributed by atoms with Crippen molar-refractivity contribution in [2.24, 2.45) is 0 Å². The van der Waals surface area contributed by atoms with Crippen molar-refractivity contribution in [1.82, 2.24) is 19.6 Å². The summed E-state index contributed by atoms with van der Waals surface area (Å²) in [5.74, 6) is -0.190. The lowest BCUT2D eigenvalue weighted by atomic mass is 9.99. The summed E-state index contributed by atoms with van der Waals surface area (Å²) in [6.07, 6.45) is 0. The van der Waals surface area contributed by atoms with E-state index in [0.717, 1.165) is 33.5 Å². The third-order valence-electron chi connectivity index (χ3n) is 8.46. The smallest absolute Gasteiger partial charge is 0.242 e. The maximum absolute atomic E-state index is 14.6. The molecule has 3 heterocycles. The topological polar surface area (TPSA) is 78.8 Å². The maximum atomic E-state index is 14.6. The fourth-order valence-corrected chi connectivity index (χ4v) is 7.09. The van der Waals surface area contributed by atoms with E-state index in [4.69, 9.17) is 5.10 Å². The Labute approximate surface area is 260 Å². The molecule has 1 atom stereocenters. The molecule has 8 nitrogen and oxygen atoms in total. The fraction of sp³-hybridized carbons (Fsp3) is 0.294. The van der Waals surface area contributed by atoms with Crippen LogP contribution in [0.1, 0.15) is 34.4 Å². The largest absolute Gasteiger partial charge is 0.339 e. The van der Waals surface area contributed by atoms with Crippen LogP contribution in [0.15, 0.2) is 72.8 Å². The van der Waals surface area contributed by atoms with Gasteiger partial charge in [0.1, 0.15) is 18.2 Å². The molecule has 3 aromatic carbocycles. The quantitative estimate of drug-likeness (QED) is 0.312. The summed E-state index contributed by atoms with van der Waals surface area (Å²) in [7, 11) is 0. The highest BCUT2D eigenvalue weighted by Crippen LogP contribution is 2.48. The molecule has 1 fully saturated rings. The van der Waals surface area contributed by atoms with Crippen LogP contribution in [0.4, 0.5) is 10.2 Å². The number of fused-ring (bicyclic) bond motifs is 1. The molecule has 0 spiro atoms. The molecule has 0 N–H and O–H groups in total. The van der Waals surface area contributed by atoms with E-state index in [2.05, 4.69) is 0 Å². The number of thioether (sulfide) groups is 1. The average molecular weight is 612 g/mol. The minimum absolute atomic E-state index is 0.0179. The molecule has 3 amide bonds. The van der Waals surface area contributed by atoms with Gasteiger partial charge in [0.15, 0.2) is 0 Å². The number of rotatable bonds is 5. The predicted octanol–water partition coefficient (Wildman–Crippen LogP) is 5.16. The van der Waals surface area contributed by atoms with Gasteiger partial charge in [0.05, 0.1) is 22.4 Å². The number of amides is 3. The van der Waals surface area contributed by atoms with Crippen molar-refractivity contribution >= 4 is 35.3 Å². The Morgan fingerprint density at radius 1 is 0.932 bits per heavy atom. The van der Waals surface area contributed by atoms with Crippen LogP contribution >= 0.6 is 11.8 Å². The van der Waals surface area contributed by atoms with Gasteiger partial charge in [-0.05, 0) is 48.7 Å². The van der Waals surface area contributed by atoms with Crippen LogP contribution in [-0.4, -0.2) is 75.8 Å². The maximum Gasteiger partial charge on any atom is 0.242 e. The van der Waals surface area contributed by atoms with E-state index in [1.807, 2.05) is 68.4 Å². The minimum Gasteiger partial charge on any atom is -0.339 e. The minimum atomic E-state index is -0.419. The fourth-order valence-electron chi connectivity index (χ4n) is 5.90. The van der Waals surface area contributed by atoms with E-state index in [1.165, 1.54) is 30.8 Å². The van der Waals surface area contributed by atoms with Crippen molar-refractivity contribution in [3.8, 4) is 16.9 Å². The number of halogens is 1. The number of carbonyl (C=O) groups excluding carboxylic acids is 3. The first kappa shape index (κ1) is 29.6. The van der Waals surface area contributed by atoms with Crippen molar-refractivity contribution in [3.05, 3.63) is 101 Å². The van der Waals surface area contributed by atoms with Gasteiger partial charge in [-0.3, -0.25) is 19.3 Å². The van der Waals surface area contributed by atoms with E-state index in [-0.39, 0.29) is 35.8 Å². The highest BCUT2D eigenvalue weighted by atomic mass is 32.2. The normalized spacial score (nSPS) is 17.0. The van der Waals surface area contributed by atoms with Gasteiger partial charge in [0.2, 0.25) is 17.7 Å². The van der Waals surface area contributed by atoms with Crippen molar-refractivity contribution in [2.45, 2.75) is 26.0 Å². The van der Waals surface area contributed by atoms with Crippen LogP contribution in [0.2, 0.25) is 0 Å². The number of aryl methyl sites for hydroxylation is 1. The molecular formula is C34H34FN5O3S. The Balaban J connectivity index is 1.54. The van der Waals surface area contributed by atoms with Gasteiger partial charge >= 0.3 is 0 Å². The number of hydrogen-bond acceptors (Lipinski definition) is 5. The molecule has 226 valence electrons. The Hall–Kier alpha value is -4.44. The number of nitrogens with zero attached hydrogens (tertiary/aromatic N) is 5. The molecule has 0 aliphatic carbocycles. The number of carbonyl (C=O) groups is 3. The highest BCUT2D eigenvalue weighted by Gasteiger charge is 2.39. The summed E-state index contributed by atoms with van der Waals surface area (Å²) in [6, 6.07) is 22.2. The Kier molecular flexibility index (Phi) is 8.27. The lowest BCUT2D eigenvalue weighted by Crippen LogP contribution is -2.53. The molecule has 44 heavy (non-hydrogen) atoms. The SMILES string of the molecule is CC(=O)N1CCN(C(=O)CN2C(=O)CS[C@H](c3cccc(F)c3)c3c(-c4ccccc4)nn(-c4cccc(C)c4C)c32)CC1. The zero-order valence-corrected chi connectivity index (χ0v) is 25.8. The third kappa shape index (κ3) is 5.61. The van der Waals surface area contributed by atoms with E-state index in [9.17, 15) is 18.8 Å². The number of aromatic nitrogens is 2. The highest BCUT2D eigenvalue weighted by molar-refractivity contribution is 8.00. The first-order valence-electron chi connectivity index (χ1n) is 14.7. The third-order valence-corrected chi connectivity index (χ3v) is 9.72. The van der Waals surface area contributed by atoms with E-state index in [1.54, 1.807) is 25.4 Å². The van der Waals surface area contributed by atoms with Crippen LogP contribution in [-0.2, 0) is 14.4 Å². The number of anilines is 1. The summed E-state index contributed by atoms with van der Waals surface area (Å²) < 4.78 is 16.4. The molecule has 0 saturated carbocycles. The van der Waals surface area contributed by atoms with Crippen molar-refractivity contribution < 1.29 is 18.8 Å². The number of piperazine rings is 1. The van der Waals surface area contributed by atoms with Gasteiger partial charge in [-0.25, -0.2) is 9.07 Å². The molecule has 0 radical (unpaired) electrons. The van der Waals surface area contributed by atoms with E-state index < -0.39 is 5.25 Å². The second kappa shape index (κ2) is 12.3. The monoisotopic (exact) mass is 611 g/mol. The summed E-state index contributed by atoms with van der Waals surface area (Å²) in [5, 5.41) is 4.74. The molecule has 0 unspecified atom stereocenters. The Bertz CT molecular complexity index is 1730. The lowest BCUT2D eigenvalue weighted by Gasteiger charge is -2.35. The molecule has 10 heteroatoms. The molecular weight excluding hydrogens is 577 g/mol. The zero-order chi connectivity index (χ0) is 31.0. The van der Waals surface area contributed by atoms with Crippen LogP contribution in [0.3, 0.4) is 0 Å². The molecule has 2 aliphatic rings. The van der Waals surface area contributed by atoms with Crippen LogP contribution in [0.25, 0.3) is 16.9 Å². The van der Waals surface area contributed by atoms with E-state index in [0.29, 0.717) is 37.7 Å². The number of hydrogen-bond donors (Lipinski definition) is 0. The summed E-state index contributed by atoms with van der Waals surface area (Å²) in [5.41, 5.74) is 5.86. The second-order valence-electron chi connectivity index (χ2n) is 11.2. The van der Waals surface area contributed by atoms with Crippen molar-refractivity contribution in [1.29, 1.82) is 0 Å². The van der Waals surface area contributed by atoms with Gasteiger partial charge < -0.3 is 9.80 Å². The van der Waals surface area contributed by atoms with Gasteiger partial charge in [0, 0.05) is 44.2 Å². The van der Waals surface area contributed by atoms with Crippen LogP contribution in [0.5, 0.6) is 0 Å². The molecule has 6 rings (SSSR count). The van der Waals surface area contributed by atoms with Crippen LogP contribution in [0, 0.1) is 19.7 Å².